The molecular weight excluding hydrogens is 360 g/mol. The van der Waals surface area contributed by atoms with Gasteiger partial charge in [-0.25, -0.2) is 0 Å². The van der Waals surface area contributed by atoms with Gasteiger partial charge in [0.25, 0.3) is 0 Å². The summed E-state index contributed by atoms with van der Waals surface area (Å²) in [5.74, 6) is 2.61. The summed E-state index contributed by atoms with van der Waals surface area (Å²) in [6, 6.07) is 0. The van der Waals surface area contributed by atoms with E-state index in [2.05, 4.69) is 34.6 Å². The van der Waals surface area contributed by atoms with Gasteiger partial charge in [0, 0.05) is 18.3 Å². The highest BCUT2D eigenvalue weighted by atomic mass is 16.5. The topological polar surface area (TPSA) is 43.4 Å². The van der Waals surface area contributed by atoms with Crippen LogP contribution >= 0.6 is 0 Å². The van der Waals surface area contributed by atoms with Crippen LogP contribution in [0.1, 0.15) is 99.8 Å². The first-order chi connectivity index (χ1) is 13.4. The van der Waals surface area contributed by atoms with Crippen LogP contribution in [0.3, 0.4) is 0 Å². The van der Waals surface area contributed by atoms with Gasteiger partial charge < -0.3 is 4.74 Å². The molecule has 4 saturated carbocycles. The van der Waals surface area contributed by atoms with Crippen molar-refractivity contribution in [1.29, 1.82) is 0 Å². The smallest absolute Gasteiger partial charge is 0.302 e. The zero-order valence-corrected chi connectivity index (χ0v) is 19.8. The minimum Gasteiger partial charge on any atom is -0.462 e. The summed E-state index contributed by atoms with van der Waals surface area (Å²) in [6.45, 7) is 15.6. The van der Waals surface area contributed by atoms with Gasteiger partial charge in [-0.3, -0.25) is 9.59 Å². The largest absolute Gasteiger partial charge is 0.462 e. The predicted octanol–water partition coefficient (Wildman–Crippen LogP) is 6.19. The van der Waals surface area contributed by atoms with Gasteiger partial charge in [-0.05, 0) is 92.3 Å². The SMILES string of the molecule is CC(=O)OC1CCC2(C)C3CCC4(C)C(C(C)=O)CCC4(C)C3CCC2C1(C)C. The first-order valence-corrected chi connectivity index (χ1v) is 12.1. The molecule has 0 amide bonds. The highest BCUT2D eigenvalue weighted by molar-refractivity contribution is 5.79. The van der Waals surface area contributed by atoms with Crippen molar-refractivity contribution in [2.24, 2.45) is 45.3 Å². The Morgan fingerprint density at radius 3 is 2.03 bits per heavy atom. The molecular formula is C26H42O3. The van der Waals surface area contributed by atoms with E-state index in [4.69, 9.17) is 4.74 Å². The monoisotopic (exact) mass is 402 g/mol. The van der Waals surface area contributed by atoms with Crippen LogP contribution in [0, 0.1) is 45.3 Å². The Hall–Kier alpha value is -0.860. The second-order valence-electron chi connectivity index (χ2n) is 12.4. The fraction of sp³-hybridized carbons (Fsp3) is 0.923. The van der Waals surface area contributed by atoms with Gasteiger partial charge in [0.15, 0.2) is 0 Å². The van der Waals surface area contributed by atoms with Crippen molar-refractivity contribution in [2.45, 2.75) is 106 Å². The molecule has 4 fully saturated rings. The quantitative estimate of drug-likeness (QED) is 0.517. The first kappa shape index (κ1) is 21.4. The number of ether oxygens (including phenoxy) is 1. The van der Waals surface area contributed by atoms with E-state index < -0.39 is 0 Å². The molecule has 0 saturated heterocycles. The van der Waals surface area contributed by atoms with Gasteiger partial charge in [0.2, 0.25) is 0 Å². The third kappa shape index (κ3) is 2.74. The van der Waals surface area contributed by atoms with Crippen LogP contribution in [0.5, 0.6) is 0 Å². The Kier molecular flexibility index (Phi) is 4.84. The van der Waals surface area contributed by atoms with Gasteiger partial charge in [0.05, 0.1) is 0 Å². The van der Waals surface area contributed by atoms with Crippen LogP contribution in [0.15, 0.2) is 0 Å². The number of carbonyl (C=O) groups excluding carboxylic acids is 2. The molecule has 3 nitrogen and oxygen atoms in total. The van der Waals surface area contributed by atoms with E-state index in [1.54, 1.807) is 6.92 Å². The highest BCUT2D eigenvalue weighted by Crippen LogP contribution is 2.74. The molecule has 4 aliphatic rings. The summed E-state index contributed by atoms with van der Waals surface area (Å²) in [7, 11) is 0. The molecule has 0 spiro atoms. The Labute approximate surface area is 177 Å². The summed E-state index contributed by atoms with van der Waals surface area (Å²) in [5, 5.41) is 0. The van der Waals surface area contributed by atoms with E-state index in [-0.39, 0.29) is 34.2 Å². The van der Waals surface area contributed by atoms with E-state index in [0.29, 0.717) is 17.1 Å². The molecule has 3 heteroatoms. The third-order valence-electron chi connectivity index (χ3n) is 11.2. The van der Waals surface area contributed by atoms with Crippen LogP contribution in [-0.2, 0) is 14.3 Å². The van der Waals surface area contributed by atoms with Gasteiger partial charge in [0.1, 0.15) is 11.9 Å². The maximum Gasteiger partial charge on any atom is 0.302 e. The van der Waals surface area contributed by atoms with E-state index in [1.165, 1.54) is 38.5 Å². The number of hydrogen-bond acceptors (Lipinski definition) is 3. The summed E-state index contributed by atoms with van der Waals surface area (Å²) in [6.07, 6.45) is 9.49. The molecule has 164 valence electrons. The number of rotatable bonds is 2. The molecule has 29 heavy (non-hydrogen) atoms. The average molecular weight is 403 g/mol. The van der Waals surface area contributed by atoms with Gasteiger partial charge in [-0.2, -0.15) is 0 Å². The van der Waals surface area contributed by atoms with E-state index in [1.807, 2.05) is 6.92 Å². The molecule has 0 heterocycles. The lowest BCUT2D eigenvalue weighted by Crippen LogP contribution is -2.62. The highest BCUT2D eigenvalue weighted by Gasteiger charge is 2.67. The molecule has 0 radical (unpaired) electrons. The van der Waals surface area contributed by atoms with E-state index in [9.17, 15) is 9.59 Å². The second kappa shape index (κ2) is 6.57. The van der Waals surface area contributed by atoms with Crippen molar-refractivity contribution in [3.63, 3.8) is 0 Å². The van der Waals surface area contributed by atoms with Crippen molar-refractivity contribution in [3.05, 3.63) is 0 Å². The zero-order valence-electron chi connectivity index (χ0n) is 19.8. The van der Waals surface area contributed by atoms with Crippen LogP contribution in [0.2, 0.25) is 0 Å². The van der Waals surface area contributed by atoms with Crippen LogP contribution in [0.4, 0.5) is 0 Å². The minimum absolute atomic E-state index is 0.0306. The average Bonchev–Trinajstić information content (AvgIpc) is 2.89. The van der Waals surface area contributed by atoms with Crippen molar-refractivity contribution in [3.8, 4) is 0 Å². The van der Waals surface area contributed by atoms with Gasteiger partial charge >= 0.3 is 5.97 Å². The number of carbonyl (C=O) groups is 2. The Balaban J connectivity index is 1.66. The van der Waals surface area contributed by atoms with Crippen molar-refractivity contribution >= 4 is 11.8 Å². The van der Waals surface area contributed by atoms with Crippen LogP contribution in [0.25, 0.3) is 0 Å². The maximum atomic E-state index is 12.5. The molecule has 0 bridgehead atoms. The maximum absolute atomic E-state index is 12.5. The zero-order chi connectivity index (χ0) is 21.4. The summed E-state index contributed by atoms with van der Waals surface area (Å²) < 4.78 is 5.81. The summed E-state index contributed by atoms with van der Waals surface area (Å²) in [5.41, 5.74) is 0.815. The Bertz CT molecular complexity index is 711. The second-order valence-corrected chi connectivity index (χ2v) is 12.4. The lowest BCUT2D eigenvalue weighted by molar-refractivity contribution is -0.208. The number of Topliss-reactive ketones (excluding diaryl/α,β-unsaturated/α-hetero) is 1. The third-order valence-corrected chi connectivity index (χ3v) is 11.2. The Morgan fingerprint density at radius 1 is 0.759 bits per heavy atom. The minimum atomic E-state index is -0.137. The lowest BCUT2D eigenvalue weighted by atomic mass is 9.38. The Morgan fingerprint density at radius 2 is 1.41 bits per heavy atom. The van der Waals surface area contributed by atoms with Crippen LogP contribution < -0.4 is 0 Å². The fourth-order valence-corrected chi connectivity index (χ4v) is 9.54. The van der Waals surface area contributed by atoms with Gasteiger partial charge in [-0.1, -0.05) is 34.6 Å². The summed E-state index contributed by atoms with van der Waals surface area (Å²) >= 11 is 0. The molecule has 0 aliphatic heterocycles. The first-order valence-electron chi connectivity index (χ1n) is 12.1. The molecule has 0 aromatic rings. The number of fused-ring (bicyclic) bond motifs is 5. The predicted molar refractivity (Wildman–Crippen MR) is 115 cm³/mol. The van der Waals surface area contributed by atoms with Crippen LogP contribution in [-0.4, -0.2) is 17.9 Å². The molecule has 4 aliphatic carbocycles. The lowest BCUT2D eigenvalue weighted by Gasteiger charge is -2.67. The number of esters is 1. The molecule has 8 atom stereocenters. The number of ketones is 1. The molecule has 0 aromatic heterocycles. The molecule has 0 aromatic carbocycles. The van der Waals surface area contributed by atoms with Crippen molar-refractivity contribution < 1.29 is 14.3 Å². The van der Waals surface area contributed by atoms with E-state index in [0.717, 1.165) is 24.7 Å². The molecule has 8 unspecified atom stereocenters. The molecule has 0 N–H and O–H groups in total. The normalized spacial score (nSPS) is 50.8. The number of hydrogen-bond donors (Lipinski definition) is 0. The van der Waals surface area contributed by atoms with E-state index >= 15 is 0 Å². The molecule has 4 rings (SSSR count). The van der Waals surface area contributed by atoms with Gasteiger partial charge in [-0.15, -0.1) is 0 Å². The summed E-state index contributed by atoms with van der Waals surface area (Å²) in [4.78, 5) is 24.2. The standard InChI is InChI=1S/C26H42O3/c1-16(27)18-10-14-26(7)20-8-9-21-23(3,4)22(29-17(2)28)12-13-24(21,5)19(20)11-15-25(18,26)6/h18-22H,8-15H2,1-7H3. The fourth-order valence-electron chi connectivity index (χ4n) is 9.54. The van der Waals surface area contributed by atoms with Crippen molar-refractivity contribution in [2.75, 3.05) is 0 Å². The van der Waals surface area contributed by atoms with Crippen molar-refractivity contribution in [1.82, 2.24) is 0 Å².